The second kappa shape index (κ2) is 7.37. The number of benzene rings is 1. The highest BCUT2D eigenvalue weighted by molar-refractivity contribution is 5.98. The van der Waals surface area contributed by atoms with Gasteiger partial charge in [0.05, 0.1) is 42.9 Å². The number of aryl methyl sites for hydroxylation is 1. The van der Waals surface area contributed by atoms with Crippen molar-refractivity contribution in [3.8, 4) is 5.69 Å². The number of carbonyl (C=O) groups is 1. The van der Waals surface area contributed by atoms with E-state index in [4.69, 9.17) is 4.42 Å². The van der Waals surface area contributed by atoms with Crippen LogP contribution in [0.2, 0.25) is 0 Å². The molecule has 5 rings (SSSR count). The number of oxazole rings is 1. The van der Waals surface area contributed by atoms with Crippen LogP contribution in [0.5, 0.6) is 0 Å². The van der Waals surface area contributed by atoms with Gasteiger partial charge in [0.15, 0.2) is 0 Å². The zero-order chi connectivity index (χ0) is 18.4. The van der Waals surface area contributed by atoms with Crippen molar-refractivity contribution in [2.45, 2.75) is 19.4 Å². The highest BCUT2D eigenvalue weighted by Gasteiger charge is 2.46. The van der Waals surface area contributed by atoms with Crippen LogP contribution in [0, 0.1) is 12.8 Å². The van der Waals surface area contributed by atoms with Crippen LogP contribution < -0.4 is 17.3 Å². The highest BCUT2D eigenvalue weighted by atomic mass is 35.5. The number of rotatable bonds is 3. The molecule has 28 heavy (non-hydrogen) atoms. The lowest BCUT2D eigenvalue weighted by Gasteiger charge is -2.30. The topological polar surface area (TPSA) is 81.5 Å². The number of hydrogen-bond acceptors (Lipinski definition) is 5. The fourth-order valence-corrected chi connectivity index (χ4v) is 4.40. The number of quaternary nitrogens is 1. The quantitative estimate of drug-likeness (QED) is 0.531. The zero-order valence-corrected chi connectivity index (χ0v) is 16.2. The Morgan fingerprint density at radius 1 is 1.21 bits per heavy atom. The van der Waals surface area contributed by atoms with Gasteiger partial charge in [-0.3, -0.25) is 4.79 Å². The highest BCUT2D eigenvalue weighted by Crippen LogP contribution is 2.25. The van der Waals surface area contributed by atoms with Crippen LogP contribution in [0.25, 0.3) is 5.69 Å². The molecule has 2 aliphatic rings. The average molecular weight is 401 g/mol. The molecule has 1 aromatic carbocycles. The van der Waals surface area contributed by atoms with Crippen LogP contribution in [0.15, 0.2) is 47.5 Å². The Hall–Kier alpha value is -2.71. The van der Waals surface area contributed by atoms with Gasteiger partial charge >= 0.3 is 6.01 Å². The minimum atomic E-state index is 0. The summed E-state index contributed by atoms with van der Waals surface area (Å²) in [6.07, 6.45) is 7.63. The summed E-state index contributed by atoms with van der Waals surface area (Å²) in [5.74, 6) is 0.500. The molecule has 146 valence electrons. The lowest BCUT2D eigenvalue weighted by atomic mass is 9.98. The summed E-state index contributed by atoms with van der Waals surface area (Å²) in [5.41, 5.74) is 2.40. The van der Waals surface area contributed by atoms with E-state index in [0.29, 0.717) is 29.8 Å². The number of nitrogens with zero attached hydrogens (tertiary/aromatic N) is 5. The van der Waals surface area contributed by atoms with Crippen LogP contribution in [0.3, 0.4) is 0 Å². The molecule has 4 heterocycles. The normalized spacial score (nSPS) is 23.5. The van der Waals surface area contributed by atoms with Crippen molar-refractivity contribution in [3.63, 3.8) is 0 Å². The first-order chi connectivity index (χ1) is 13.2. The van der Waals surface area contributed by atoms with Gasteiger partial charge in [-0.15, -0.1) is 0 Å². The summed E-state index contributed by atoms with van der Waals surface area (Å²) in [4.78, 5) is 22.4. The average Bonchev–Trinajstić information content (AvgIpc) is 3.42. The molecular weight excluding hydrogens is 380 g/mol. The summed E-state index contributed by atoms with van der Waals surface area (Å²) in [6, 6.07) is 6.86. The molecule has 1 N–H and O–H groups in total. The van der Waals surface area contributed by atoms with Crippen LogP contribution in [-0.4, -0.2) is 56.5 Å². The first-order valence-electron chi connectivity index (χ1n) is 9.21. The largest absolute Gasteiger partial charge is 1.00 e. The van der Waals surface area contributed by atoms with Crippen LogP contribution >= 0.6 is 0 Å². The van der Waals surface area contributed by atoms with E-state index in [1.807, 2.05) is 30.0 Å². The maximum Gasteiger partial charge on any atom is 0.402 e. The maximum atomic E-state index is 13.4. The summed E-state index contributed by atoms with van der Waals surface area (Å²) >= 11 is 0. The van der Waals surface area contributed by atoms with E-state index in [1.165, 1.54) is 9.70 Å². The van der Waals surface area contributed by atoms with Gasteiger partial charge in [0, 0.05) is 18.9 Å². The first-order valence-corrected chi connectivity index (χ1v) is 9.21. The van der Waals surface area contributed by atoms with Gasteiger partial charge in [-0.2, -0.15) is 20.0 Å². The minimum absolute atomic E-state index is 0. The predicted octanol–water partition coefficient (Wildman–Crippen LogP) is -2.37. The third-order valence-corrected chi connectivity index (χ3v) is 5.55. The number of nitrogens with one attached hydrogen (secondary N) is 1. The molecule has 2 aliphatic heterocycles. The second-order valence-electron chi connectivity index (χ2n) is 7.41. The number of fused-ring (bicyclic) bond motifs is 2. The van der Waals surface area contributed by atoms with Gasteiger partial charge in [0.2, 0.25) is 0 Å². The number of carbonyl (C=O) groups excluding carboxylic acids is 1. The molecule has 2 aromatic heterocycles. The molecule has 2 saturated heterocycles. The van der Waals surface area contributed by atoms with Crippen LogP contribution in [-0.2, 0) is 0 Å². The van der Waals surface area contributed by atoms with E-state index in [2.05, 4.69) is 15.2 Å². The van der Waals surface area contributed by atoms with Crippen LogP contribution in [0.4, 0.5) is 6.01 Å². The maximum absolute atomic E-state index is 13.4. The Morgan fingerprint density at radius 2 is 2.04 bits per heavy atom. The number of halogens is 1. The molecule has 2 fully saturated rings. The van der Waals surface area contributed by atoms with Crippen molar-refractivity contribution in [2.75, 3.05) is 19.6 Å². The fraction of sp³-hybridized carbons (Fsp3) is 0.368. The number of hydrogen-bond donors (Lipinski definition) is 1. The lowest BCUT2D eigenvalue weighted by Crippen LogP contribution is -3.10. The molecule has 3 atom stereocenters. The van der Waals surface area contributed by atoms with Crippen molar-refractivity contribution in [1.29, 1.82) is 0 Å². The Balaban J connectivity index is 0.00000192. The molecule has 1 amide bonds. The smallest absolute Gasteiger partial charge is 0.402 e. The van der Waals surface area contributed by atoms with Gasteiger partial charge in [0.25, 0.3) is 5.91 Å². The minimum Gasteiger partial charge on any atom is -1.00 e. The molecule has 9 heteroatoms. The van der Waals surface area contributed by atoms with Crippen molar-refractivity contribution in [1.82, 2.24) is 24.9 Å². The third kappa shape index (κ3) is 3.18. The summed E-state index contributed by atoms with van der Waals surface area (Å²) < 4.78 is 5.52. The Bertz CT molecular complexity index is 959. The number of piperidine rings is 1. The van der Waals surface area contributed by atoms with Crippen LogP contribution in [0.1, 0.15) is 22.3 Å². The zero-order valence-electron chi connectivity index (χ0n) is 15.5. The molecule has 8 nitrogen and oxygen atoms in total. The summed E-state index contributed by atoms with van der Waals surface area (Å²) in [6.45, 7) is 4.41. The standard InChI is InChI=1S/C19H20N6O2.ClH/c1-13-2-3-17(25-21-4-5-22-25)16(8-13)18(26)23-10-14-9-15(12-23)24(11-14)19-20-6-7-27-19;/h2-8,14-15H,9-12H2,1H3;1H. The fourth-order valence-electron chi connectivity index (χ4n) is 4.40. The van der Waals surface area contributed by atoms with E-state index in [0.717, 1.165) is 31.1 Å². The number of aromatic nitrogens is 4. The van der Waals surface area contributed by atoms with E-state index >= 15 is 0 Å². The van der Waals surface area contributed by atoms with Crippen molar-refractivity contribution < 1.29 is 26.5 Å². The Labute approximate surface area is 168 Å². The number of likely N-dealkylation sites (tertiary alicyclic amines) is 1. The summed E-state index contributed by atoms with van der Waals surface area (Å²) in [7, 11) is 0. The van der Waals surface area contributed by atoms with Gasteiger partial charge in [-0.25, -0.2) is 4.90 Å². The number of amides is 1. The molecule has 3 aromatic rings. The van der Waals surface area contributed by atoms with E-state index in [9.17, 15) is 4.79 Å². The molecule has 2 bridgehead atoms. The van der Waals surface area contributed by atoms with Gasteiger partial charge < -0.3 is 21.7 Å². The van der Waals surface area contributed by atoms with E-state index < -0.39 is 0 Å². The molecular formula is C19H21ClN6O2. The molecule has 0 saturated carbocycles. The Kier molecular flexibility index (Phi) is 4.91. The SMILES string of the molecule is Cc1ccc(-n2nccn2)c(C(=O)N2CC3CC(C2)[NH+](c2ncco2)C3)c1.[Cl-]. The molecule has 0 radical (unpaired) electrons. The molecule has 0 spiro atoms. The van der Waals surface area contributed by atoms with Crippen molar-refractivity contribution >= 4 is 11.9 Å². The molecule has 3 unspecified atom stereocenters. The molecule has 0 aliphatic carbocycles. The second-order valence-corrected chi connectivity index (χ2v) is 7.41. The monoisotopic (exact) mass is 400 g/mol. The summed E-state index contributed by atoms with van der Waals surface area (Å²) in [5, 5.41) is 8.40. The predicted molar refractivity (Wildman–Crippen MR) is 95.9 cm³/mol. The van der Waals surface area contributed by atoms with Crippen molar-refractivity contribution in [3.05, 3.63) is 54.2 Å². The van der Waals surface area contributed by atoms with Gasteiger partial charge in [-0.05, 0) is 19.1 Å². The van der Waals surface area contributed by atoms with E-state index in [1.54, 1.807) is 24.9 Å². The first kappa shape index (κ1) is 18.6. The Morgan fingerprint density at radius 3 is 2.79 bits per heavy atom. The lowest BCUT2D eigenvalue weighted by molar-refractivity contribution is -0.855. The van der Waals surface area contributed by atoms with E-state index in [-0.39, 0.29) is 18.3 Å². The van der Waals surface area contributed by atoms with Crippen molar-refractivity contribution in [2.24, 2.45) is 5.92 Å². The third-order valence-electron chi connectivity index (χ3n) is 5.55. The van der Waals surface area contributed by atoms with Gasteiger partial charge in [0.1, 0.15) is 12.3 Å². The van der Waals surface area contributed by atoms with Gasteiger partial charge in [-0.1, -0.05) is 11.6 Å².